The van der Waals surface area contributed by atoms with Gasteiger partial charge in [-0.05, 0) is 38.5 Å². The van der Waals surface area contributed by atoms with Crippen molar-refractivity contribution >= 4 is 17.9 Å². The maximum absolute atomic E-state index is 11.1. The molecular formula is C30H55NO6. The molecule has 0 fully saturated rings. The highest BCUT2D eigenvalue weighted by Crippen LogP contribution is 2.17. The largest absolute Gasteiger partial charge is 0.550 e. The van der Waals surface area contributed by atoms with E-state index in [-0.39, 0.29) is 43.4 Å². The van der Waals surface area contributed by atoms with Crippen molar-refractivity contribution in [2.75, 3.05) is 26.2 Å². The number of hydrogen-bond acceptors (Lipinski definition) is 4. The smallest absolute Gasteiger partial charge is 0.309 e. The van der Waals surface area contributed by atoms with E-state index < -0.39 is 17.9 Å². The van der Waals surface area contributed by atoms with Gasteiger partial charge < -0.3 is 24.6 Å². The number of unbranched alkanes of at least 4 members (excludes halogenated alkanes) is 15. The number of quaternary nitrogens is 1. The van der Waals surface area contributed by atoms with Crippen LogP contribution in [0.15, 0.2) is 12.2 Å². The van der Waals surface area contributed by atoms with Gasteiger partial charge in [-0.3, -0.25) is 9.59 Å². The fraction of sp³-hybridized carbons (Fsp3) is 0.833. The molecule has 0 atom stereocenters. The molecule has 7 nitrogen and oxygen atoms in total. The molecule has 0 aromatic rings. The molecule has 37 heavy (non-hydrogen) atoms. The summed E-state index contributed by atoms with van der Waals surface area (Å²) in [6.45, 7) is 3.58. The van der Waals surface area contributed by atoms with Gasteiger partial charge in [0, 0.05) is 12.4 Å². The molecule has 0 saturated carbocycles. The number of aliphatic carboxylic acids is 3. The first kappa shape index (κ1) is 35.1. The van der Waals surface area contributed by atoms with Crippen molar-refractivity contribution in [3.63, 3.8) is 0 Å². The number of hydrogen-bond donors (Lipinski definition) is 2. The summed E-state index contributed by atoms with van der Waals surface area (Å²) >= 11 is 0. The van der Waals surface area contributed by atoms with Crippen molar-refractivity contribution in [1.82, 2.24) is 0 Å². The number of carbonyl (C=O) groups is 3. The minimum absolute atomic E-state index is 0.0991. The molecule has 7 heteroatoms. The van der Waals surface area contributed by atoms with Gasteiger partial charge in [-0.25, -0.2) is 0 Å². The average molecular weight is 526 g/mol. The molecular weight excluding hydrogens is 470 g/mol. The van der Waals surface area contributed by atoms with E-state index in [1.807, 2.05) is 0 Å². The standard InChI is InChI=1S/C30H55NO6/c1-2-3-4-5-6-7-8-9-10-11-12-13-14-15-16-17-18-19-20-24-31(25-21-28(32)33,26-22-29(34)35)27-23-30(36)37/h13-14H,2-12,15-27H2,1H3,(H2-,32,33,34,35,36,37)/b14-13+. The van der Waals surface area contributed by atoms with Crippen molar-refractivity contribution in [2.24, 2.45) is 0 Å². The third-order valence-corrected chi connectivity index (χ3v) is 7.28. The Morgan fingerprint density at radius 2 is 0.946 bits per heavy atom. The van der Waals surface area contributed by atoms with Gasteiger partial charge in [-0.1, -0.05) is 89.7 Å². The minimum atomic E-state index is -1.19. The molecule has 0 bridgehead atoms. The van der Waals surface area contributed by atoms with Crippen LogP contribution in [0.25, 0.3) is 0 Å². The van der Waals surface area contributed by atoms with Gasteiger partial charge in [0.1, 0.15) is 0 Å². The van der Waals surface area contributed by atoms with Crippen molar-refractivity contribution in [3.05, 3.63) is 12.2 Å². The second-order valence-corrected chi connectivity index (χ2v) is 10.6. The second kappa shape index (κ2) is 24.4. The van der Waals surface area contributed by atoms with Gasteiger partial charge in [0.15, 0.2) is 0 Å². The van der Waals surface area contributed by atoms with Crippen LogP contribution in [0.3, 0.4) is 0 Å². The number of carboxylic acids is 3. The Labute approximate surface area is 225 Å². The van der Waals surface area contributed by atoms with Crippen molar-refractivity contribution in [2.45, 2.75) is 135 Å². The Kier molecular flexibility index (Phi) is 23.2. The predicted octanol–water partition coefficient (Wildman–Crippen LogP) is 6.10. The van der Waals surface area contributed by atoms with Crippen LogP contribution in [0.5, 0.6) is 0 Å². The number of allylic oxidation sites excluding steroid dienone is 2. The lowest BCUT2D eigenvalue weighted by Gasteiger charge is -2.38. The van der Waals surface area contributed by atoms with Crippen molar-refractivity contribution < 1.29 is 34.2 Å². The molecule has 2 N–H and O–H groups in total. The van der Waals surface area contributed by atoms with E-state index in [1.54, 1.807) is 0 Å². The topological polar surface area (TPSA) is 115 Å². The Hall–Kier alpha value is -1.89. The summed E-state index contributed by atoms with van der Waals surface area (Å²) in [6, 6.07) is 0. The predicted molar refractivity (Wildman–Crippen MR) is 147 cm³/mol. The normalized spacial score (nSPS) is 11.8. The third-order valence-electron chi connectivity index (χ3n) is 7.28. The van der Waals surface area contributed by atoms with E-state index in [9.17, 15) is 19.5 Å². The quantitative estimate of drug-likeness (QED) is 0.0724. The van der Waals surface area contributed by atoms with Crippen LogP contribution in [-0.4, -0.2) is 58.8 Å². The summed E-state index contributed by atoms with van der Waals surface area (Å²) < 4.78 is 0.217. The Morgan fingerprint density at radius 3 is 1.35 bits per heavy atom. The van der Waals surface area contributed by atoms with Gasteiger partial charge in [-0.2, -0.15) is 0 Å². The first-order chi connectivity index (χ1) is 17.8. The Bertz CT molecular complexity index is 574. The maximum atomic E-state index is 11.1. The zero-order valence-corrected chi connectivity index (χ0v) is 23.6. The van der Waals surface area contributed by atoms with Gasteiger partial charge in [0.25, 0.3) is 0 Å². The lowest BCUT2D eigenvalue weighted by molar-refractivity contribution is -0.927. The zero-order chi connectivity index (χ0) is 27.6. The average Bonchev–Trinajstić information content (AvgIpc) is 2.85. The minimum Gasteiger partial charge on any atom is -0.550 e. The fourth-order valence-electron chi connectivity index (χ4n) is 4.89. The molecule has 0 aliphatic heterocycles. The summed E-state index contributed by atoms with van der Waals surface area (Å²) in [5.41, 5.74) is 0. The van der Waals surface area contributed by atoms with Crippen LogP contribution in [0.1, 0.15) is 135 Å². The first-order valence-corrected chi connectivity index (χ1v) is 14.9. The molecule has 216 valence electrons. The van der Waals surface area contributed by atoms with Crippen molar-refractivity contribution in [1.29, 1.82) is 0 Å². The molecule has 0 spiro atoms. The molecule has 0 aliphatic rings. The maximum Gasteiger partial charge on any atom is 0.309 e. The molecule has 0 radical (unpaired) electrons. The monoisotopic (exact) mass is 525 g/mol. The lowest BCUT2D eigenvalue weighted by Crippen LogP contribution is -2.53. The third kappa shape index (κ3) is 24.2. The van der Waals surface area contributed by atoms with Crippen LogP contribution in [0.4, 0.5) is 0 Å². The first-order valence-electron chi connectivity index (χ1n) is 14.9. The molecule has 0 amide bonds. The van der Waals surface area contributed by atoms with E-state index in [2.05, 4.69) is 19.1 Å². The van der Waals surface area contributed by atoms with Gasteiger partial charge in [0.05, 0.1) is 39.0 Å². The fourth-order valence-corrected chi connectivity index (χ4v) is 4.89. The van der Waals surface area contributed by atoms with Crippen LogP contribution < -0.4 is 5.11 Å². The second-order valence-electron chi connectivity index (χ2n) is 10.6. The van der Waals surface area contributed by atoms with Crippen LogP contribution in [0, 0.1) is 0 Å². The highest BCUT2D eigenvalue weighted by Gasteiger charge is 2.28. The zero-order valence-electron chi connectivity index (χ0n) is 23.6. The van der Waals surface area contributed by atoms with Crippen LogP contribution in [0.2, 0.25) is 0 Å². The highest BCUT2D eigenvalue weighted by atomic mass is 16.4. The highest BCUT2D eigenvalue weighted by molar-refractivity contribution is 5.67. The molecule has 0 rings (SSSR count). The van der Waals surface area contributed by atoms with Gasteiger partial charge in [-0.15, -0.1) is 0 Å². The van der Waals surface area contributed by atoms with E-state index in [4.69, 9.17) is 10.2 Å². The SMILES string of the molecule is CCCCCCCCCCCC/C=C/CCCCCCC[N+](CCC(=O)[O-])(CCC(=O)O)CCC(=O)O. The molecule has 0 heterocycles. The van der Waals surface area contributed by atoms with Gasteiger partial charge >= 0.3 is 11.9 Å². The number of nitrogens with zero attached hydrogens (tertiary/aromatic N) is 1. The molecule has 0 aromatic carbocycles. The molecule has 0 saturated heterocycles. The summed E-state index contributed by atoms with van der Waals surface area (Å²) in [4.78, 5) is 33.2. The summed E-state index contributed by atoms with van der Waals surface area (Å²) in [5.74, 6) is -3.09. The van der Waals surface area contributed by atoms with Crippen LogP contribution >= 0.6 is 0 Å². The molecule has 0 aliphatic carbocycles. The van der Waals surface area contributed by atoms with E-state index in [0.717, 1.165) is 38.5 Å². The number of rotatable bonds is 28. The van der Waals surface area contributed by atoms with E-state index >= 15 is 0 Å². The molecule has 0 unspecified atom stereocenters. The number of carbonyl (C=O) groups excluding carboxylic acids is 1. The Balaban J connectivity index is 3.99. The van der Waals surface area contributed by atoms with Crippen molar-refractivity contribution in [3.8, 4) is 0 Å². The molecule has 0 aromatic heterocycles. The summed E-state index contributed by atoms with van der Waals surface area (Å²) in [6.07, 6.45) is 25.3. The Morgan fingerprint density at radius 1 is 0.568 bits per heavy atom. The van der Waals surface area contributed by atoms with Crippen LogP contribution in [-0.2, 0) is 14.4 Å². The van der Waals surface area contributed by atoms with E-state index in [0.29, 0.717) is 6.54 Å². The summed E-state index contributed by atoms with van der Waals surface area (Å²) in [5, 5.41) is 29.2. The summed E-state index contributed by atoms with van der Waals surface area (Å²) in [7, 11) is 0. The lowest BCUT2D eigenvalue weighted by atomic mass is 10.1. The van der Waals surface area contributed by atoms with Gasteiger partial charge in [0.2, 0.25) is 0 Å². The van der Waals surface area contributed by atoms with E-state index in [1.165, 1.54) is 70.6 Å². The number of carboxylic acid groups (broad SMARTS) is 3.